The van der Waals surface area contributed by atoms with Gasteiger partial charge >= 0.3 is 6.18 Å². The number of nitrogens with one attached hydrogen (secondary N) is 1. The number of amides is 1. The summed E-state index contributed by atoms with van der Waals surface area (Å²) in [6.45, 7) is 9.03. The van der Waals surface area contributed by atoms with Gasteiger partial charge in [0.05, 0.1) is 22.3 Å². The van der Waals surface area contributed by atoms with Gasteiger partial charge in [-0.1, -0.05) is 62.7 Å². The van der Waals surface area contributed by atoms with Crippen LogP contribution in [0.25, 0.3) is 22.2 Å². The fraction of sp³-hybridized carbons (Fsp3) is 0.421. The summed E-state index contributed by atoms with van der Waals surface area (Å²) >= 11 is 1.70. The maximum Gasteiger partial charge on any atom is 0.416 e. The van der Waals surface area contributed by atoms with E-state index in [0.29, 0.717) is 52.3 Å². The van der Waals surface area contributed by atoms with Crippen molar-refractivity contribution in [2.24, 2.45) is 0 Å². The molecule has 9 heteroatoms. The van der Waals surface area contributed by atoms with Crippen molar-refractivity contribution < 1.29 is 18.0 Å². The second kappa shape index (κ2) is 14.8. The van der Waals surface area contributed by atoms with E-state index in [9.17, 15) is 18.0 Å². The molecule has 248 valence electrons. The van der Waals surface area contributed by atoms with Crippen molar-refractivity contribution in [1.82, 2.24) is 20.1 Å². The molecule has 2 fully saturated rings. The standard InChI is InChI=1S/C38H43F3N4OS/c1-26(2)47-31-14-15-34-32(23-31)35(37(46)42-24-27-10-5-3-6-11-27)33(36(43-34)28-12-9-13-29(22-28)38(39,40)41)25-44-20-16-30(17-21-44)45-18-7-4-8-19-45/h3,5-6,9-15,22-23,26,30H,4,7-8,16-21,24-25H2,1-2H3,(H,42,46). The summed E-state index contributed by atoms with van der Waals surface area (Å²) in [5.41, 5.74) is 2.77. The number of benzene rings is 3. The summed E-state index contributed by atoms with van der Waals surface area (Å²) in [4.78, 5) is 25.4. The molecule has 47 heavy (non-hydrogen) atoms. The van der Waals surface area contributed by atoms with E-state index in [2.05, 4.69) is 29.0 Å². The van der Waals surface area contributed by atoms with Crippen molar-refractivity contribution in [3.63, 3.8) is 0 Å². The topological polar surface area (TPSA) is 48.5 Å². The van der Waals surface area contributed by atoms with Crippen LogP contribution < -0.4 is 5.32 Å². The summed E-state index contributed by atoms with van der Waals surface area (Å²) in [6, 6.07) is 21.5. The number of rotatable bonds is 9. The van der Waals surface area contributed by atoms with Crippen LogP contribution in [-0.4, -0.2) is 58.2 Å². The van der Waals surface area contributed by atoms with Crippen LogP contribution in [0.5, 0.6) is 0 Å². The average molecular weight is 661 g/mol. The number of alkyl halides is 3. The van der Waals surface area contributed by atoms with E-state index in [1.54, 1.807) is 17.8 Å². The number of nitrogens with zero attached hydrogens (tertiary/aromatic N) is 3. The Labute approximate surface area is 279 Å². The zero-order chi connectivity index (χ0) is 33.0. The van der Waals surface area contributed by atoms with Crippen molar-refractivity contribution in [2.45, 2.75) is 81.4 Å². The highest BCUT2D eigenvalue weighted by molar-refractivity contribution is 7.99. The SMILES string of the molecule is CC(C)Sc1ccc2nc(-c3cccc(C(F)(F)F)c3)c(CN3CCC(N4CCCCC4)CC3)c(C(=O)NCc3ccccc3)c2c1. The molecule has 2 aliphatic heterocycles. The van der Waals surface area contributed by atoms with Crippen LogP contribution >= 0.6 is 11.8 Å². The predicted octanol–water partition coefficient (Wildman–Crippen LogP) is 8.80. The van der Waals surface area contributed by atoms with Gasteiger partial charge in [0.25, 0.3) is 5.91 Å². The highest BCUT2D eigenvalue weighted by Crippen LogP contribution is 2.37. The molecule has 6 rings (SSSR count). The minimum absolute atomic E-state index is 0.251. The molecule has 0 saturated carbocycles. The zero-order valence-corrected chi connectivity index (χ0v) is 28.0. The summed E-state index contributed by atoms with van der Waals surface area (Å²) in [5, 5.41) is 4.18. The summed E-state index contributed by atoms with van der Waals surface area (Å²) < 4.78 is 41.8. The van der Waals surface area contributed by atoms with Gasteiger partial charge in [0.2, 0.25) is 0 Å². The number of hydrogen-bond acceptors (Lipinski definition) is 5. The van der Waals surface area contributed by atoms with E-state index in [-0.39, 0.29) is 5.91 Å². The summed E-state index contributed by atoms with van der Waals surface area (Å²) in [7, 11) is 0. The Morgan fingerprint density at radius 2 is 1.68 bits per heavy atom. The molecule has 0 unspecified atom stereocenters. The molecule has 5 nitrogen and oxygen atoms in total. The van der Waals surface area contributed by atoms with E-state index in [4.69, 9.17) is 4.98 Å². The van der Waals surface area contributed by atoms with E-state index >= 15 is 0 Å². The van der Waals surface area contributed by atoms with Crippen LogP contribution in [0.1, 0.15) is 73.0 Å². The molecular weight excluding hydrogens is 618 g/mol. The summed E-state index contributed by atoms with van der Waals surface area (Å²) in [5.74, 6) is -0.251. The Kier molecular flexibility index (Phi) is 10.5. The molecule has 4 aromatic rings. The zero-order valence-electron chi connectivity index (χ0n) is 27.2. The molecule has 0 aliphatic carbocycles. The third-order valence-corrected chi connectivity index (χ3v) is 10.3. The average Bonchev–Trinajstić information content (AvgIpc) is 3.07. The highest BCUT2D eigenvalue weighted by Gasteiger charge is 2.32. The highest BCUT2D eigenvalue weighted by atomic mass is 32.2. The largest absolute Gasteiger partial charge is 0.416 e. The number of aromatic nitrogens is 1. The van der Waals surface area contributed by atoms with Crippen molar-refractivity contribution in [2.75, 3.05) is 26.2 Å². The lowest BCUT2D eigenvalue weighted by molar-refractivity contribution is -0.137. The molecule has 0 radical (unpaired) electrons. The van der Waals surface area contributed by atoms with Crippen molar-refractivity contribution in [3.05, 3.63) is 95.1 Å². The predicted molar refractivity (Wildman–Crippen MR) is 185 cm³/mol. The first kappa shape index (κ1) is 33.5. The van der Waals surface area contributed by atoms with Crippen LogP contribution in [0, 0.1) is 0 Å². The Bertz CT molecular complexity index is 1680. The number of pyridine rings is 1. The first-order chi connectivity index (χ1) is 22.7. The minimum Gasteiger partial charge on any atom is -0.348 e. The van der Waals surface area contributed by atoms with Gasteiger partial charge in [-0.15, -0.1) is 11.8 Å². The first-order valence-electron chi connectivity index (χ1n) is 16.7. The number of thioether (sulfide) groups is 1. The number of piperidine rings is 2. The summed E-state index contributed by atoms with van der Waals surface area (Å²) in [6.07, 6.45) is 1.37. The van der Waals surface area contributed by atoms with Gasteiger partial charge in [-0.05, 0) is 87.8 Å². The van der Waals surface area contributed by atoms with Gasteiger partial charge in [0.1, 0.15) is 0 Å². The van der Waals surface area contributed by atoms with Gasteiger partial charge in [0, 0.05) is 45.8 Å². The van der Waals surface area contributed by atoms with E-state index in [1.807, 2.05) is 48.5 Å². The van der Waals surface area contributed by atoms with Crippen molar-refractivity contribution in [1.29, 1.82) is 0 Å². The maximum absolute atomic E-state index is 14.3. The number of fused-ring (bicyclic) bond motifs is 1. The molecule has 1 N–H and O–H groups in total. The third-order valence-electron chi connectivity index (χ3n) is 9.26. The second-order valence-corrected chi connectivity index (χ2v) is 14.7. The quantitative estimate of drug-likeness (QED) is 0.182. The molecule has 0 bridgehead atoms. The van der Waals surface area contributed by atoms with Crippen LogP contribution in [0.4, 0.5) is 13.2 Å². The number of halogens is 3. The van der Waals surface area contributed by atoms with Gasteiger partial charge < -0.3 is 10.2 Å². The molecule has 3 heterocycles. The van der Waals surface area contributed by atoms with Crippen LogP contribution in [0.2, 0.25) is 0 Å². The van der Waals surface area contributed by atoms with Crippen LogP contribution in [-0.2, 0) is 19.3 Å². The normalized spacial score (nSPS) is 17.0. The third kappa shape index (κ3) is 8.19. The fourth-order valence-electron chi connectivity index (χ4n) is 6.94. The van der Waals surface area contributed by atoms with E-state index in [1.165, 1.54) is 25.3 Å². The molecule has 2 aliphatic rings. The molecule has 1 amide bonds. The van der Waals surface area contributed by atoms with E-state index < -0.39 is 11.7 Å². The Hall–Kier alpha value is -3.40. The smallest absolute Gasteiger partial charge is 0.348 e. The lowest BCUT2D eigenvalue weighted by atomic mass is 9.93. The maximum atomic E-state index is 14.3. The van der Waals surface area contributed by atoms with Gasteiger partial charge in [-0.25, -0.2) is 4.98 Å². The van der Waals surface area contributed by atoms with Crippen molar-refractivity contribution >= 4 is 28.6 Å². The molecular formula is C38H43F3N4OS. The number of carbonyl (C=O) groups is 1. The first-order valence-corrected chi connectivity index (χ1v) is 17.6. The van der Waals surface area contributed by atoms with Crippen molar-refractivity contribution in [3.8, 4) is 11.3 Å². The lowest BCUT2D eigenvalue weighted by Crippen LogP contribution is -2.46. The van der Waals surface area contributed by atoms with Gasteiger partial charge in [-0.3, -0.25) is 9.69 Å². The Morgan fingerprint density at radius 3 is 2.38 bits per heavy atom. The Balaban J connectivity index is 1.44. The molecule has 1 aromatic heterocycles. The number of hydrogen-bond donors (Lipinski definition) is 1. The fourth-order valence-corrected chi connectivity index (χ4v) is 7.82. The van der Waals surface area contributed by atoms with Gasteiger partial charge in [-0.2, -0.15) is 13.2 Å². The van der Waals surface area contributed by atoms with Crippen LogP contribution in [0.15, 0.2) is 77.7 Å². The minimum atomic E-state index is -4.50. The molecule has 3 aromatic carbocycles. The van der Waals surface area contributed by atoms with Gasteiger partial charge in [0.15, 0.2) is 0 Å². The van der Waals surface area contributed by atoms with E-state index in [0.717, 1.165) is 67.0 Å². The number of likely N-dealkylation sites (tertiary alicyclic amines) is 2. The molecule has 0 atom stereocenters. The monoisotopic (exact) mass is 660 g/mol. The second-order valence-electron chi connectivity index (χ2n) is 13.0. The molecule has 2 saturated heterocycles. The molecule has 0 spiro atoms. The lowest BCUT2D eigenvalue weighted by Gasteiger charge is -2.40. The number of carbonyl (C=O) groups excluding carboxylic acids is 1. The van der Waals surface area contributed by atoms with Crippen LogP contribution in [0.3, 0.4) is 0 Å². The Morgan fingerprint density at radius 1 is 0.936 bits per heavy atom.